The van der Waals surface area contributed by atoms with Crippen LogP contribution in [0.25, 0.3) is 0 Å². The lowest BCUT2D eigenvalue weighted by Crippen LogP contribution is -2.72. The second-order valence-electron chi connectivity index (χ2n) is 14.0. The molecule has 1 aliphatic carbocycles. The first-order valence-corrected chi connectivity index (χ1v) is 19.3. The van der Waals surface area contributed by atoms with Crippen molar-refractivity contribution >= 4 is 37.4 Å². The summed E-state index contributed by atoms with van der Waals surface area (Å²) in [5.41, 5.74) is -1.62. The second-order valence-corrected chi connectivity index (χ2v) is 22.5. The average Bonchev–Trinajstić information content (AvgIpc) is 3.33. The molecule has 0 saturated heterocycles. The molecule has 5 rings (SSSR count). The summed E-state index contributed by atoms with van der Waals surface area (Å²) in [6.45, 7) is 12.9. The fourth-order valence-electron chi connectivity index (χ4n) is 6.93. The number of benzene rings is 4. The van der Waals surface area contributed by atoms with Gasteiger partial charge in [0.2, 0.25) is 0 Å². The molecule has 6 heteroatoms. The highest BCUT2D eigenvalue weighted by molar-refractivity contribution is 7.00. The van der Waals surface area contributed by atoms with E-state index in [9.17, 15) is 10.2 Å². The molecule has 0 unspecified atom stereocenters. The van der Waals surface area contributed by atoms with Crippen molar-refractivity contribution in [3.8, 4) is 0 Å². The van der Waals surface area contributed by atoms with Gasteiger partial charge in [-0.1, -0.05) is 169 Å². The van der Waals surface area contributed by atoms with E-state index in [1.807, 2.05) is 30.3 Å². The molecule has 0 bridgehead atoms. The molecule has 2 N–H and O–H groups in total. The van der Waals surface area contributed by atoms with Gasteiger partial charge in [0.05, 0.1) is 12.7 Å². The fourth-order valence-corrected chi connectivity index (χ4v) is 16.3. The summed E-state index contributed by atoms with van der Waals surface area (Å²) in [6, 6.07) is 41.8. The lowest BCUT2D eigenvalue weighted by molar-refractivity contribution is -0.0832. The van der Waals surface area contributed by atoms with Crippen molar-refractivity contribution in [2.24, 2.45) is 0 Å². The normalized spacial score (nSPS) is 21.0. The summed E-state index contributed by atoms with van der Waals surface area (Å²) in [6.07, 6.45) is 2.15. The molecule has 0 spiro atoms. The van der Waals surface area contributed by atoms with Crippen LogP contribution in [-0.2, 0) is 8.85 Å². The van der Waals surface area contributed by atoms with Crippen molar-refractivity contribution in [3.63, 3.8) is 0 Å². The molecule has 0 fully saturated rings. The van der Waals surface area contributed by atoms with Crippen molar-refractivity contribution in [2.75, 3.05) is 6.61 Å². The highest BCUT2D eigenvalue weighted by Crippen LogP contribution is 2.44. The third-order valence-corrected chi connectivity index (χ3v) is 19.1. The maximum absolute atomic E-state index is 12.1. The third-order valence-electron chi connectivity index (χ3n) is 9.07. The first kappa shape index (κ1) is 32.3. The third kappa shape index (κ3) is 5.60. The molecular formula is C38H46O4Si2. The summed E-state index contributed by atoms with van der Waals surface area (Å²) in [5, 5.41) is 26.7. The van der Waals surface area contributed by atoms with E-state index >= 15 is 0 Å². The molecule has 4 aromatic rings. The van der Waals surface area contributed by atoms with E-state index in [0.717, 1.165) is 20.7 Å². The van der Waals surface area contributed by atoms with E-state index in [1.54, 1.807) is 6.08 Å². The van der Waals surface area contributed by atoms with Gasteiger partial charge in [0.25, 0.3) is 16.6 Å². The van der Waals surface area contributed by atoms with Crippen LogP contribution in [0.4, 0.5) is 0 Å². The summed E-state index contributed by atoms with van der Waals surface area (Å²) in [4.78, 5) is 0. The summed E-state index contributed by atoms with van der Waals surface area (Å²) in [7, 11) is -6.14. The van der Waals surface area contributed by atoms with E-state index in [0.29, 0.717) is 0 Å². The fraction of sp³-hybridized carbons (Fsp3) is 0.316. The van der Waals surface area contributed by atoms with Gasteiger partial charge >= 0.3 is 0 Å². The van der Waals surface area contributed by atoms with Gasteiger partial charge in [-0.25, -0.2) is 0 Å². The Bertz CT molecular complexity index is 1450. The molecule has 0 aromatic heterocycles. The maximum atomic E-state index is 12.1. The van der Waals surface area contributed by atoms with Gasteiger partial charge < -0.3 is 19.1 Å². The van der Waals surface area contributed by atoms with Gasteiger partial charge in [-0.15, -0.1) is 0 Å². The first-order chi connectivity index (χ1) is 20.9. The Labute approximate surface area is 265 Å². The number of aliphatic hydroxyl groups is 2. The Morgan fingerprint density at radius 1 is 0.568 bits per heavy atom. The molecule has 0 heterocycles. The SMILES string of the molecule is CC(C)(C)[Si](O[C@H]1C=C[C@@](O)(CO)[C@@H]1O[Si](c1ccccc1)(c1ccccc1)C(C)(C)C)(c1ccccc1)c1ccccc1. The number of aliphatic hydroxyl groups excluding tert-OH is 1. The van der Waals surface area contributed by atoms with Crippen molar-refractivity contribution in [2.45, 2.75) is 69.4 Å². The van der Waals surface area contributed by atoms with Gasteiger partial charge in [0.1, 0.15) is 11.7 Å². The maximum Gasteiger partial charge on any atom is 0.262 e. The molecule has 230 valence electrons. The minimum Gasteiger partial charge on any atom is -0.398 e. The predicted molar refractivity (Wildman–Crippen MR) is 186 cm³/mol. The van der Waals surface area contributed by atoms with Crippen molar-refractivity contribution in [1.29, 1.82) is 0 Å². The van der Waals surface area contributed by atoms with Crippen molar-refractivity contribution in [3.05, 3.63) is 133 Å². The Balaban J connectivity index is 1.72. The van der Waals surface area contributed by atoms with Gasteiger partial charge in [0.15, 0.2) is 0 Å². The van der Waals surface area contributed by atoms with Gasteiger partial charge in [-0.2, -0.15) is 0 Å². The van der Waals surface area contributed by atoms with Crippen LogP contribution in [-0.4, -0.2) is 51.3 Å². The quantitative estimate of drug-likeness (QED) is 0.200. The Hall–Kier alpha value is -3.11. The van der Waals surface area contributed by atoms with E-state index < -0.39 is 41.1 Å². The first-order valence-electron chi connectivity index (χ1n) is 15.5. The Morgan fingerprint density at radius 2 is 0.886 bits per heavy atom. The molecule has 0 saturated carbocycles. The van der Waals surface area contributed by atoms with Crippen LogP contribution in [0.3, 0.4) is 0 Å². The van der Waals surface area contributed by atoms with Crippen LogP contribution < -0.4 is 20.7 Å². The standard InChI is InChI=1S/C38H46O4Si2/c1-36(2,3)43(30-19-11-7-12-20-30,31-21-13-8-14-22-31)41-34-27-28-38(40,29-39)35(34)42-44(37(4,5)6,32-23-15-9-16-24-32)33-25-17-10-18-26-33/h7-28,34-35,39-40H,29H2,1-6H3/t34-,35+,38+/m0/s1. The van der Waals surface area contributed by atoms with Crippen LogP contribution in [0.5, 0.6) is 0 Å². The molecule has 0 aliphatic heterocycles. The lowest BCUT2D eigenvalue weighted by Gasteiger charge is -2.50. The Kier molecular flexibility index (Phi) is 9.07. The van der Waals surface area contributed by atoms with E-state index in [1.165, 1.54) is 0 Å². The van der Waals surface area contributed by atoms with Crippen LogP contribution in [0.1, 0.15) is 41.5 Å². The zero-order valence-corrected chi connectivity index (χ0v) is 28.8. The number of hydrogen-bond donors (Lipinski definition) is 2. The molecule has 0 radical (unpaired) electrons. The number of rotatable bonds is 9. The predicted octanol–water partition coefficient (Wildman–Crippen LogP) is 5.17. The smallest absolute Gasteiger partial charge is 0.262 e. The Morgan fingerprint density at radius 3 is 1.18 bits per heavy atom. The second kappa shape index (κ2) is 12.4. The molecule has 1 aliphatic rings. The van der Waals surface area contributed by atoms with Crippen LogP contribution in [0.15, 0.2) is 133 Å². The summed E-state index contributed by atoms with van der Waals surface area (Å²) < 4.78 is 15.1. The average molecular weight is 623 g/mol. The van der Waals surface area contributed by atoms with Gasteiger partial charge in [-0.05, 0) is 36.9 Å². The van der Waals surface area contributed by atoms with Crippen LogP contribution >= 0.6 is 0 Å². The van der Waals surface area contributed by atoms with Crippen LogP contribution in [0.2, 0.25) is 10.1 Å². The zero-order valence-electron chi connectivity index (χ0n) is 26.8. The van der Waals surface area contributed by atoms with Crippen molar-refractivity contribution < 1.29 is 19.1 Å². The molecule has 4 nitrogen and oxygen atoms in total. The molecular weight excluding hydrogens is 577 g/mol. The molecule has 3 atom stereocenters. The van der Waals surface area contributed by atoms with Crippen molar-refractivity contribution in [1.82, 2.24) is 0 Å². The monoisotopic (exact) mass is 622 g/mol. The number of hydrogen-bond acceptors (Lipinski definition) is 4. The van der Waals surface area contributed by atoms with Gasteiger partial charge in [-0.3, -0.25) is 0 Å². The highest BCUT2D eigenvalue weighted by atomic mass is 28.4. The zero-order chi connectivity index (χ0) is 31.6. The minimum atomic E-state index is -3.12. The minimum absolute atomic E-state index is 0.272. The van der Waals surface area contributed by atoms with E-state index in [4.69, 9.17) is 8.85 Å². The van der Waals surface area contributed by atoms with Gasteiger partial charge in [0, 0.05) is 0 Å². The molecule has 44 heavy (non-hydrogen) atoms. The molecule has 4 aromatic carbocycles. The lowest BCUT2D eigenvalue weighted by atomic mass is 10.0. The summed E-state index contributed by atoms with van der Waals surface area (Å²) >= 11 is 0. The van der Waals surface area contributed by atoms with E-state index in [-0.39, 0.29) is 10.1 Å². The highest BCUT2D eigenvalue weighted by Gasteiger charge is 2.59. The molecule has 0 amide bonds. The van der Waals surface area contributed by atoms with Crippen LogP contribution in [0, 0.1) is 0 Å². The topological polar surface area (TPSA) is 58.9 Å². The van der Waals surface area contributed by atoms with E-state index in [2.05, 4.69) is 139 Å². The largest absolute Gasteiger partial charge is 0.398 e. The summed E-state index contributed by atoms with van der Waals surface area (Å²) in [5.74, 6) is 0.